The third-order valence-electron chi connectivity index (χ3n) is 5.87. The zero-order valence-corrected chi connectivity index (χ0v) is 22.0. The van der Waals surface area contributed by atoms with Crippen molar-refractivity contribution in [3.8, 4) is 11.3 Å². The van der Waals surface area contributed by atoms with Gasteiger partial charge in [-0.2, -0.15) is 0 Å². The molecule has 0 unspecified atom stereocenters. The zero-order valence-electron chi connectivity index (χ0n) is 19.4. The van der Waals surface area contributed by atoms with Gasteiger partial charge in [0.1, 0.15) is 6.73 Å². The van der Waals surface area contributed by atoms with Crippen LogP contribution in [0.25, 0.3) is 22.2 Å². The maximum absolute atomic E-state index is 9.65. The van der Waals surface area contributed by atoms with Gasteiger partial charge in [0.25, 0.3) is 0 Å². The Morgan fingerprint density at radius 3 is 2.84 bits per heavy atom. The Balaban J connectivity index is 1.77. The molecule has 1 aliphatic carbocycles. The molecule has 3 aromatic rings. The van der Waals surface area contributed by atoms with Crippen molar-refractivity contribution in [2.24, 2.45) is 0 Å². The largest absolute Gasteiger partial charge is 0.392 e. The van der Waals surface area contributed by atoms with Crippen LogP contribution in [0.15, 0.2) is 28.9 Å². The van der Waals surface area contributed by atoms with Crippen molar-refractivity contribution in [1.29, 1.82) is 0 Å². The minimum Gasteiger partial charge on any atom is -0.392 e. The molecule has 0 saturated carbocycles. The number of aliphatic hydroxyl groups excluding tert-OH is 1. The smallest absolute Gasteiger partial charge is 0.223 e. The minimum atomic E-state index is -1.14. The third-order valence-corrected chi connectivity index (χ3v) is 8.22. The number of fused-ring (bicyclic) bond motifs is 5. The Kier molecular flexibility index (Phi) is 7.05. The van der Waals surface area contributed by atoms with Gasteiger partial charge in [-0.1, -0.05) is 31.8 Å². The topological polar surface area (TPSA) is 72.2 Å². The lowest BCUT2D eigenvalue weighted by atomic mass is 10.0. The molecule has 2 heterocycles. The fourth-order valence-corrected chi connectivity index (χ4v) is 5.53. The van der Waals surface area contributed by atoms with Gasteiger partial charge in [0.15, 0.2) is 0 Å². The van der Waals surface area contributed by atoms with E-state index in [2.05, 4.69) is 68.6 Å². The summed E-state index contributed by atoms with van der Waals surface area (Å²) in [4.78, 5) is 9.41. The summed E-state index contributed by atoms with van der Waals surface area (Å²) in [6.07, 6.45) is 4.45. The number of halogens is 1. The van der Waals surface area contributed by atoms with Crippen LogP contribution < -0.4 is 5.32 Å². The molecule has 8 heteroatoms. The van der Waals surface area contributed by atoms with Gasteiger partial charge in [-0.25, -0.2) is 9.97 Å². The Hall–Kier alpha value is -1.74. The maximum Gasteiger partial charge on any atom is 0.223 e. The number of hydrogen-bond donors (Lipinski definition) is 2. The number of nitrogens with one attached hydrogen (secondary N) is 1. The number of rotatable bonds is 8. The molecule has 32 heavy (non-hydrogen) atoms. The van der Waals surface area contributed by atoms with Crippen molar-refractivity contribution in [1.82, 2.24) is 14.5 Å². The van der Waals surface area contributed by atoms with Gasteiger partial charge in [0.2, 0.25) is 5.95 Å². The fraction of sp³-hybridized carbons (Fsp3) is 0.500. The van der Waals surface area contributed by atoms with Crippen LogP contribution in [0.5, 0.6) is 0 Å². The van der Waals surface area contributed by atoms with Crippen LogP contribution in [0.2, 0.25) is 25.7 Å². The number of aromatic nitrogens is 3. The molecule has 2 aromatic heterocycles. The van der Waals surface area contributed by atoms with E-state index in [1.165, 1.54) is 22.2 Å². The van der Waals surface area contributed by atoms with Crippen LogP contribution in [0.4, 0.5) is 5.95 Å². The van der Waals surface area contributed by atoms with Gasteiger partial charge in [0, 0.05) is 48.5 Å². The van der Waals surface area contributed by atoms with Gasteiger partial charge < -0.3 is 19.7 Å². The first-order chi connectivity index (χ1) is 15.2. The molecule has 2 N–H and O–H groups in total. The van der Waals surface area contributed by atoms with Gasteiger partial charge in [0.05, 0.1) is 17.3 Å². The zero-order chi connectivity index (χ0) is 22.9. The van der Waals surface area contributed by atoms with Crippen LogP contribution in [0, 0.1) is 0 Å². The van der Waals surface area contributed by atoms with E-state index in [0.29, 0.717) is 19.2 Å². The molecule has 1 aromatic carbocycles. The highest BCUT2D eigenvalue weighted by Gasteiger charge is 2.26. The Bertz CT molecular complexity index is 1110. The maximum atomic E-state index is 9.65. The average molecular weight is 518 g/mol. The molecular formula is C24H33BrN4O2Si. The summed E-state index contributed by atoms with van der Waals surface area (Å²) in [6, 6.07) is 7.51. The van der Waals surface area contributed by atoms with Crippen LogP contribution in [0.1, 0.15) is 24.6 Å². The lowest BCUT2D eigenvalue weighted by Gasteiger charge is -2.17. The second kappa shape index (κ2) is 9.63. The van der Waals surface area contributed by atoms with Gasteiger partial charge in [-0.3, -0.25) is 0 Å². The predicted molar refractivity (Wildman–Crippen MR) is 137 cm³/mol. The number of aryl methyl sites for hydroxylation is 1. The normalized spacial score (nSPS) is 14.7. The summed E-state index contributed by atoms with van der Waals surface area (Å²) in [5.41, 5.74) is 5.79. The Morgan fingerprint density at radius 1 is 1.28 bits per heavy atom. The molecule has 6 nitrogen and oxygen atoms in total. The van der Waals surface area contributed by atoms with Crippen molar-refractivity contribution in [3.05, 3.63) is 40.1 Å². The Labute approximate surface area is 199 Å². The van der Waals surface area contributed by atoms with E-state index < -0.39 is 14.2 Å². The molecule has 0 radical (unpaired) electrons. The summed E-state index contributed by atoms with van der Waals surface area (Å²) >= 11 is 3.79. The second-order valence-corrected chi connectivity index (χ2v) is 16.4. The number of benzene rings is 1. The molecule has 0 fully saturated rings. The average Bonchev–Trinajstić information content (AvgIpc) is 2.91. The number of para-hydroxylation sites is 1. The summed E-state index contributed by atoms with van der Waals surface area (Å²) in [7, 11) is -1.14. The molecular weight excluding hydrogens is 484 g/mol. The highest BCUT2D eigenvalue weighted by Crippen LogP contribution is 2.41. The quantitative estimate of drug-likeness (QED) is 0.307. The van der Waals surface area contributed by atoms with E-state index in [1.54, 1.807) is 6.92 Å². The van der Waals surface area contributed by atoms with Crippen molar-refractivity contribution < 1.29 is 9.84 Å². The summed E-state index contributed by atoms with van der Waals surface area (Å²) < 4.78 is 9.61. The summed E-state index contributed by atoms with van der Waals surface area (Å²) in [5.74, 6) is 0.555. The van der Waals surface area contributed by atoms with Crippen LogP contribution in [-0.2, 0) is 24.3 Å². The van der Waals surface area contributed by atoms with Crippen LogP contribution >= 0.6 is 15.9 Å². The molecule has 0 amide bonds. The molecule has 0 spiro atoms. The van der Waals surface area contributed by atoms with E-state index in [4.69, 9.17) is 9.72 Å². The van der Waals surface area contributed by atoms with E-state index >= 15 is 0 Å². The lowest BCUT2D eigenvalue weighted by molar-refractivity contribution is 0.0884. The Morgan fingerprint density at radius 2 is 2.09 bits per heavy atom. The number of anilines is 1. The highest BCUT2D eigenvalue weighted by atomic mass is 79.9. The van der Waals surface area contributed by atoms with Crippen molar-refractivity contribution >= 4 is 40.9 Å². The van der Waals surface area contributed by atoms with Crippen molar-refractivity contribution in [2.75, 3.05) is 18.5 Å². The monoisotopic (exact) mass is 516 g/mol. The molecule has 1 aliphatic rings. The number of ether oxygens (including phenoxy) is 1. The van der Waals surface area contributed by atoms with Gasteiger partial charge >= 0.3 is 0 Å². The van der Waals surface area contributed by atoms with Crippen molar-refractivity contribution in [3.63, 3.8) is 0 Å². The fourth-order valence-electron chi connectivity index (χ4n) is 4.19. The standard InChI is InChI=1S/C24H33BrN4O2Si/c1-16(30)13-26-24-27-14-17-7-5-10-20-21(22(17)28-24)18-8-6-9-19(25)23(18)29(20)15-31-11-12-32(2,3)4/h6,8-9,14,16,30H,5,7,10-13,15H2,1-4H3,(H,26,27,28)/t16-/m0/s1. The summed E-state index contributed by atoms with van der Waals surface area (Å²) in [5, 5.41) is 14.0. The van der Waals surface area contributed by atoms with E-state index in [1.807, 2.05) is 6.20 Å². The molecule has 4 rings (SSSR count). The van der Waals surface area contributed by atoms with Crippen LogP contribution in [-0.4, -0.2) is 47.0 Å². The molecule has 0 aliphatic heterocycles. The first-order valence-electron chi connectivity index (χ1n) is 11.4. The number of nitrogens with zero attached hydrogens (tertiary/aromatic N) is 3. The second-order valence-electron chi connectivity index (χ2n) is 9.88. The first kappa shape index (κ1) is 23.4. The van der Waals surface area contributed by atoms with E-state index in [-0.39, 0.29) is 0 Å². The van der Waals surface area contributed by atoms with E-state index in [9.17, 15) is 5.11 Å². The lowest BCUT2D eigenvalue weighted by Crippen LogP contribution is -2.22. The van der Waals surface area contributed by atoms with E-state index in [0.717, 1.165) is 47.6 Å². The SMILES string of the molecule is C[C@H](O)CNc1ncc2c(n1)-c1c(n(COCC[Si](C)(C)C)c3c(Br)cccc13)CCC2. The molecule has 1 atom stereocenters. The predicted octanol–water partition coefficient (Wildman–Crippen LogP) is 5.45. The first-order valence-corrected chi connectivity index (χ1v) is 15.9. The summed E-state index contributed by atoms with van der Waals surface area (Å²) in [6.45, 7) is 10.6. The van der Waals surface area contributed by atoms with Crippen molar-refractivity contribution in [2.45, 2.75) is 64.7 Å². The molecule has 172 valence electrons. The highest BCUT2D eigenvalue weighted by molar-refractivity contribution is 9.10. The van der Waals surface area contributed by atoms with Crippen LogP contribution in [0.3, 0.4) is 0 Å². The van der Waals surface area contributed by atoms with Gasteiger partial charge in [-0.05, 0) is 59.8 Å². The third kappa shape index (κ3) is 5.08. The minimum absolute atomic E-state index is 0.421. The number of aliphatic hydroxyl groups is 1. The van der Waals surface area contributed by atoms with Gasteiger partial charge in [-0.15, -0.1) is 0 Å². The molecule has 0 saturated heterocycles. The molecule has 0 bridgehead atoms. The number of hydrogen-bond acceptors (Lipinski definition) is 5.